The average Bonchev–Trinajstić information content (AvgIpc) is 2.74. The van der Waals surface area contributed by atoms with Gasteiger partial charge in [0.05, 0.1) is 0 Å². The number of rotatable bonds is 8. The van der Waals surface area contributed by atoms with Crippen LogP contribution in [0.15, 0.2) is 84.9 Å². The standard InChI is InChI=1S/C24H24N2O3/c25-20-13-11-17(12-14-20)15-22(24(28)29)26-23(27)16-21(18-7-3-1-4-8-18)19-9-5-2-6-10-19/h1-14,21-22H,15-16,25H2,(H,26,27)(H,28,29)/t22-/m0/s1. The van der Waals surface area contributed by atoms with Gasteiger partial charge in [-0.2, -0.15) is 0 Å². The summed E-state index contributed by atoms with van der Waals surface area (Å²) in [6, 6.07) is 25.5. The summed E-state index contributed by atoms with van der Waals surface area (Å²) in [5, 5.41) is 12.2. The fourth-order valence-electron chi connectivity index (χ4n) is 3.33. The molecule has 0 spiro atoms. The van der Waals surface area contributed by atoms with Crippen LogP contribution in [0.1, 0.15) is 29.0 Å². The molecule has 0 saturated carbocycles. The van der Waals surface area contributed by atoms with E-state index < -0.39 is 12.0 Å². The molecule has 1 atom stereocenters. The number of hydrogen-bond donors (Lipinski definition) is 3. The molecule has 0 bridgehead atoms. The highest BCUT2D eigenvalue weighted by atomic mass is 16.4. The molecule has 148 valence electrons. The van der Waals surface area contributed by atoms with Crippen LogP contribution in [0.4, 0.5) is 5.69 Å². The van der Waals surface area contributed by atoms with E-state index in [0.29, 0.717) is 5.69 Å². The van der Waals surface area contributed by atoms with Crippen LogP contribution in [0, 0.1) is 0 Å². The molecule has 0 radical (unpaired) electrons. The van der Waals surface area contributed by atoms with Crippen LogP contribution in [0.2, 0.25) is 0 Å². The second-order valence-electron chi connectivity index (χ2n) is 6.98. The van der Waals surface area contributed by atoms with E-state index in [4.69, 9.17) is 5.73 Å². The van der Waals surface area contributed by atoms with Crippen LogP contribution in [0.25, 0.3) is 0 Å². The monoisotopic (exact) mass is 388 g/mol. The van der Waals surface area contributed by atoms with Crippen molar-refractivity contribution in [2.24, 2.45) is 0 Å². The Morgan fingerprint density at radius 2 is 1.34 bits per heavy atom. The summed E-state index contributed by atoms with van der Waals surface area (Å²) in [5.41, 5.74) is 9.11. The van der Waals surface area contributed by atoms with Gasteiger partial charge in [0, 0.05) is 24.4 Å². The first kappa shape index (κ1) is 20.1. The van der Waals surface area contributed by atoms with Crippen LogP contribution in [0.3, 0.4) is 0 Å². The average molecular weight is 388 g/mol. The molecule has 0 unspecified atom stereocenters. The van der Waals surface area contributed by atoms with Gasteiger partial charge >= 0.3 is 5.97 Å². The third kappa shape index (κ3) is 5.69. The second-order valence-corrected chi connectivity index (χ2v) is 6.98. The lowest BCUT2D eigenvalue weighted by molar-refractivity contribution is -0.141. The van der Waals surface area contributed by atoms with E-state index in [9.17, 15) is 14.7 Å². The first-order valence-electron chi connectivity index (χ1n) is 9.49. The molecule has 0 aliphatic carbocycles. The van der Waals surface area contributed by atoms with Gasteiger partial charge in [0.2, 0.25) is 5.91 Å². The number of benzene rings is 3. The highest BCUT2D eigenvalue weighted by Gasteiger charge is 2.24. The maximum absolute atomic E-state index is 12.8. The quantitative estimate of drug-likeness (QED) is 0.514. The summed E-state index contributed by atoms with van der Waals surface area (Å²) in [6.45, 7) is 0. The van der Waals surface area contributed by atoms with Crippen molar-refractivity contribution < 1.29 is 14.7 Å². The number of amides is 1. The summed E-state index contributed by atoms with van der Waals surface area (Å²) < 4.78 is 0. The molecule has 5 heteroatoms. The molecule has 5 nitrogen and oxygen atoms in total. The van der Waals surface area contributed by atoms with Crippen molar-refractivity contribution in [3.05, 3.63) is 102 Å². The zero-order chi connectivity index (χ0) is 20.6. The highest BCUT2D eigenvalue weighted by Crippen LogP contribution is 2.27. The van der Waals surface area contributed by atoms with Gasteiger partial charge < -0.3 is 16.2 Å². The maximum Gasteiger partial charge on any atom is 0.326 e. The topological polar surface area (TPSA) is 92.4 Å². The van der Waals surface area contributed by atoms with Gasteiger partial charge in [-0.3, -0.25) is 4.79 Å². The number of nitrogens with one attached hydrogen (secondary N) is 1. The largest absolute Gasteiger partial charge is 0.480 e. The van der Waals surface area contributed by atoms with Crippen LogP contribution >= 0.6 is 0 Å². The van der Waals surface area contributed by atoms with Crippen molar-refractivity contribution >= 4 is 17.6 Å². The van der Waals surface area contributed by atoms with Gasteiger partial charge in [-0.25, -0.2) is 4.79 Å². The Balaban J connectivity index is 1.74. The van der Waals surface area contributed by atoms with E-state index >= 15 is 0 Å². The minimum atomic E-state index is -1.06. The lowest BCUT2D eigenvalue weighted by atomic mass is 9.88. The van der Waals surface area contributed by atoms with Crippen LogP contribution in [-0.2, 0) is 16.0 Å². The fourth-order valence-corrected chi connectivity index (χ4v) is 3.33. The van der Waals surface area contributed by atoms with E-state index in [1.807, 2.05) is 60.7 Å². The van der Waals surface area contributed by atoms with Crippen molar-refractivity contribution in [2.45, 2.75) is 24.8 Å². The minimum Gasteiger partial charge on any atom is -0.480 e. The minimum absolute atomic E-state index is 0.150. The van der Waals surface area contributed by atoms with Gasteiger partial charge in [0.25, 0.3) is 0 Å². The summed E-state index contributed by atoms with van der Waals surface area (Å²) in [6.07, 6.45) is 0.363. The Morgan fingerprint density at radius 3 is 1.83 bits per heavy atom. The van der Waals surface area contributed by atoms with Gasteiger partial charge in [-0.15, -0.1) is 0 Å². The normalized spacial score (nSPS) is 11.8. The number of carboxylic acids is 1. The van der Waals surface area contributed by atoms with Gasteiger partial charge in [-0.05, 0) is 28.8 Å². The number of carbonyl (C=O) groups excluding carboxylic acids is 1. The number of carbonyl (C=O) groups is 2. The number of nitrogen functional groups attached to an aromatic ring is 1. The fraction of sp³-hybridized carbons (Fsp3) is 0.167. The van der Waals surface area contributed by atoms with Crippen molar-refractivity contribution in [1.29, 1.82) is 0 Å². The van der Waals surface area contributed by atoms with E-state index in [2.05, 4.69) is 5.32 Å². The number of hydrogen-bond acceptors (Lipinski definition) is 3. The molecule has 0 heterocycles. The molecule has 3 aromatic rings. The smallest absolute Gasteiger partial charge is 0.326 e. The van der Waals surface area contributed by atoms with E-state index in [-0.39, 0.29) is 24.7 Å². The SMILES string of the molecule is Nc1ccc(C[C@H](NC(=O)CC(c2ccccc2)c2ccccc2)C(=O)O)cc1. The maximum atomic E-state index is 12.8. The Hall–Kier alpha value is -3.60. The van der Waals surface area contributed by atoms with E-state index in [1.54, 1.807) is 24.3 Å². The predicted molar refractivity (Wildman–Crippen MR) is 113 cm³/mol. The number of nitrogens with two attached hydrogens (primary N) is 1. The predicted octanol–water partition coefficient (Wildman–Crippen LogP) is 3.60. The number of anilines is 1. The molecule has 3 aromatic carbocycles. The molecule has 0 fully saturated rings. The molecule has 0 aromatic heterocycles. The molecule has 0 aliphatic heterocycles. The van der Waals surface area contributed by atoms with Gasteiger partial charge in [-0.1, -0.05) is 72.8 Å². The molecular weight excluding hydrogens is 364 g/mol. The van der Waals surface area contributed by atoms with Gasteiger partial charge in [0.1, 0.15) is 6.04 Å². The third-order valence-electron chi connectivity index (χ3n) is 4.85. The van der Waals surface area contributed by atoms with Crippen LogP contribution < -0.4 is 11.1 Å². The summed E-state index contributed by atoms with van der Waals surface area (Å²) in [4.78, 5) is 24.5. The molecular formula is C24H24N2O3. The zero-order valence-corrected chi connectivity index (χ0v) is 16.0. The van der Waals surface area contributed by atoms with Crippen LogP contribution in [-0.4, -0.2) is 23.0 Å². The highest BCUT2D eigenvalue weighted by molar-refractivity contribution is 5.84. The number of aliphatic carboxylic acids is 1. The van der Waals surface area contributed by atoms with Crippen molar-refractivity contribution in [1.82, 2.24) is 5.32 Å². The van der Waals surface area contributed by atoms with Crippen molar-refractivity contribution in [3.63, 3.8) is 0 Å². The molecule has 3 rings (SSSR count). The summed E-state index contributed by atoms with van der Waals surface area (Å²) >= 11 is 0. The third-order valence-corrected chi connectivity index (χ3v) is 4.85. The summed E-state index contributed by atoms with van der Waals surface area (Å²) in [7, 11) is 0. The first-order chi connectivity index (χ1) is 14.0. The number of carboxylic acid groups (broad SMARTS) is 1. The Kier molecular flexibility index (Phi) is 6.63. The lowest BCUT2D eigenvalue weighted by Crippen LogP contribution is -2.42. The Bertz CT molecular complexity index is 901. The van der Waals surface area contributed by atoms with Crippen LogP contribution in [0.5, 0.6) is 0 Å². The second kappa shape index (κ2) is 9.55. The molecule has 0 saturated heterocycles. The lowest BCUT2D eigenvalue weighted by Gasteiger charge is -2.20. The van der Waals surface area contributed by atoms with Gasteiger partial charge in [0.15, 0.2) is 0 Å². The molecule has 0 aliphatic rings. The molecule has 4 N–H and O–H groups in total. The molecule has 1 amide bonds. The first-order valence-corrected chi connectivity index (χ1v) is 9.49. The zero-order valence-electron chi connectivity index (χ0n) is 16.0. The molecule has 29 heavy (non-hydrogen) atoms. The Morgan fingerprint density at radius 1 is 0.828 bits per heavy atom. The van der Waals surface area contributed by atoms with E-state index in [1.165, 1.54) is 0 Å². The van der Waals surface area contributed by atoms with Crippen molar-refractivity contribution in [3.8, 4) is 0 Å². The Labute approximate surface area is 170 Å². The van der Waals surface area contributed by atoms with Crippen molar-refractivity contribution in [2.75, 3.05) is 5.73 Å². The summed E-state index contributed by atoms with van der Waals surface area (Å²) in [5.74, 6) is -1.51. The van der Waals surface area contributed by atoms with E-state index in [0.717, 1.165) is 16.7 Å².